The van der Waals surface area contributed by atoms with Crippen LogP contribution in [0.2, 0.25) is 0 Å². The number of hydrogen-bond acceptors (Lipinski definition) is 3. The van der Waals surface area contributed by atoms with Crippen LogP contribution in [0.4, 0.5) is 0 Å². The van der Waals surface area contributed by atoms with E-state index in [4.69, 9.17) is 4.74 Å². The fraction of sp³-hybridized carbons (Fsp3) is 0.462. The lowest BCUT2D eigenvalue weighted by Gasteiger charge is -2.24. The summed E-state index contributed by atoms with van der Waals surface area (Å²) in [7, 11) is 0. The Kier molecular flexibility index (Phi) is 8.94. The zero-order valence-electron chi connectivity index (χ0n) is 18.4. The summed E-state index contributed by atoms with van der Waals surface area (Å²) in [4.78, 5) is 0. The fourth-order valence-electron chi connectivity index (χ4n) is 3.52. The molecule has 29 heavy (non-hydrogen) atoms. The Balaban J connectivity index is 2.06. The molecule has 3 nitrogen and oxygen atoms in total. The first-order valence-electron chi connectivity index (χ1n) is 10.8. The molecule has 0 aromatic heterocycles. The van der Waals surface area contributed by atoms with Gasteiger partial charge in [-0.2, -0.15) is 0 Å². The normalized spacial score (nSPS) is 12.3. The van der Waals surface area contributed by atoms with Crippen molar-refractivity contribution in [3.05, 3.63) is 70.8 Å². The van der Waals surface area contributed by atoms with Gasteiger partial charge < -0.3 is 14.9 Å². The molecule has 0 saturated carbocycles. The molecule has 0 heterocycles. The SMILES string of the molecule is CC/C(=C\CCC(O)(CC)CC)c1cccc(COc2ccc(C)c(CO)c2)c1. The molecule has 2 rings (SSSR count). The number of ether oxygens (including phenoxy) is 1. The van der Waals surface area contributed by atoms with Gasteiger partial charge in [-0.05, 0) is 85.1 Å². The van der Waals surface area contributed by atoms with Crippen LogP contribution in [-0.2, 0) is 13.2 Å². The van der Waals surface area contributed by atoms with Crippen LogP contribution in [0.1, 0.15) is 75.1 Å². The van der Waals surface area contributed by atoms with Crippen LogP contribution in [-0.4, -0.2) is 15.8 Å². The van der Waals surface area contributed by atoms with Gasteiger partial charge in [0.2, 0.25) is 0 Å². The summed E-state index contributed by atoms with van der Waals surface area (Å²) in [5.74, 6) is 0.773. The Morgan fingerprint density at radius 3 is 2.48 bits per heavy atom. The molecule has 0 aliphatic carbocycles. The van der Waals surface area contributed by atoms with E-state index in [0.29, 0.717) is 6.61 Å². The van der Waals surface area contributed by atoms with Crippen molar-refractivity contribution in [2.45, 2.75) is 78.6 Å². The number of rotatable bonds is 11. The molecule has 0 aliphatic heterocycles. The van der Waals surface area contributed by atoms with Crippen molar-refractivity contribution >= 4 is 5.57 Å². The van der Waals surface area contributed by atoms with E-state index in [1.807, 2.05) is 25.1 Å². The largest absolute Gasteiger partial charge is 0.489 e. The highest BCUT2D eigenvalue weighted by molar-refractivity contribution is 5.65. The molecule has 0 unspecified atom stereocenters. The maximum atomic E-state index is 10.5. The first-order valence-corrected chi connectivity index (χ1v) is 10.8. The van der Waals surface area contributed by atoms with Crippen molar-refractivity contribution in [3.63, 3.8) is 0 Å². The summed E-state index contributed by atoms with van der Waals surface area (Å²) < 4.78 is 5.95. The average Bonchev–Trinajstić information content (AvgIpc) is 2.76. The summed E-state index contributed by atoms with van der Waals surface area (Å²) in [6.45, 7) is 8.77. The van der Waals surface area contributed by atoms with Gasteiger partial charge in [-0.3, -0.25) is 0 Å². The first-order chi connectivity index (χ1) is 13.9. The van der Waals surface area contributed by atoms with E-state index in [-0.39, 0.29) is 6.61 Å². The van der Waals surface area contributed by atoms with Gasteiger partial charge in [-0.15, -0.1) is 0 Å². The van der Waals surface area contributed by atoms with Gasteiger partial charge in [0.25, 0.3) is 0 Å². The van der Waals surface area contributed by atoms with Gasteiger partial charge in [0.15, 0.2) is 0 Å². The smallest absolute Gasteiger partial charge is 0.120 e. The van der Waals surface area contributed by atoms with Crippen molar-refractivity contribution in [2.24, 2.45) is 0 Å². The molecule has 0 spiro atoms. The van der Waals surface area contributed by atoms with Gasteiger partial charge in [0.05, 0.1) is 12.2 Å². The maximum Gasteiger partial charge on any atom is 0.120 e. The quantitative estimate of drug-likeness (QED) is 0.476. The number of hydrogen-bond donors (Lipinski definition) is 2. The van der Waals surface area contributed by atoms with Gasteiger partial charge in [-0.1, -0.05) is 51.1 Å². The van der Waals surface area contributed by atoms with Crippen molar-refractivity contribution in [1.82, 2.24) is 0 Å². The number of aliphatic hydroxyl groups is 2. The minimum absolute atomic E-state index is 0.0222. The van der Waals surface area contributed by atoms with Crippen LogP contribution in [0.25, 0.3) is 5.57 Å². The molecule has 0 fully saturated rings. The topological polar surface area (TPSA) is 49.7 Å². The second-order valence-electron chi connectivity index (χ2n) is 7.79. The molecule has 3 heteroatoms. The van der Waals surface area contributed by atoms with E-state index in [1.54, 1.807) is 0 Å². The molecule has 0 saturated heterocycles. The Morgan fingerprint density at radius 2 is 1.83 bits per heavy atom. The summed E-state index contributed by atoms with van der Waals surface area (Å²) in [6, 6.07) is 14.3. The van der Waals surface area contributed by atoms with E-state index in [9.17, 15) is 10.2 Å². The lowest BCUT2D eigenvalue weighted by atomic mass is 9.90. The highest BCUT2D eigenvalue weighted by Crippen LogP contribution is 2.25. The number of allylic oxidation sites excluding steroid dienone is 2. The van der Waals surface area contributed by atoms with Crippen LogP contribution in [0.5, 0.6) is 5.75 Å². The highest BCUT2D eigenvalue weighted by Gasteiger charge is 2.20. The lowest BCUT2D eigenvalue weighted by Crippen LogP contribution is -2.25. The van der Waals surface area contributed by atoms with E-state index < -0.39 is 5.60 Å². The maximum absolute atomic E-state index is 10.5. The predicted octanol–water partition coefficient (Wildman–Crippen LogP) is 6.19. The van der Waals surface area contributed by atoms with Crippen LogP contribution < -0.4 is 4.74 Å². The second kappa shape index (κ2) is 11.2. The van der Waals surface area contributed by atoms with E-state index >= 15 is 0 Å². The molecule has 2 N–H and O–H groups in total. The highest BCUT2D eigenvalue weighted by atomic mass is 16.5. The molecular weight excluding hydrogens is 360 g/mol. The Hall–Kier alpha value is -2.10. The molecule has 2 aromatic rings. The third-order valence-electron chi connectivity index (χ3n) is 5.89. The number of aliphatic hydroxyl groups excluding tert-OH is 1. The van der Waals surface area contributed by atoms with Crippen molar-refractivity contribution in [1.29, 1.82) is 0 Å². The molecule has 2 aromatic carbocycles. The Labute approximate surface area is 176 Å². The Bertz CT molecular complexity index is 803. The molecule has 0 amide bonds. The second-order valence-corrected chi connectivity index (χ2v) is 7.79. The molecule has 0 atom stereocenters. The molecule has 0 bridgehead atoms. The minimum Gasteiger partial charge on any atom is -0.489 e. The van der Waals surface area contributed by atoms with Crippen LogP contribution in [0.15, 0.2) is 48.5 Å². The third kappa shape index (κ3) is 6.73. The lowest BCUT2D eigenvalue weighted by molar-refractivity contribution is 0.0246. The van der Waals surface area contributed by atoms with E-state index in [2.05, 4.69) is 51.1 Å². The number of aryl methyl sites for hydroxylation is 1. The van der Waals surface area contributed by atoms with Crippen molar-refractivity contribution in [2.75, 3.05) is 0 Å². The zero-order chi connectivity index (χ0) is 21.3. The van der Waals surface area contributed by atoms with Gasteiger partial charge in [-0.25, -0.2) is 0 Å². The summed E-state index contributed by atoms with van der Waals surface area (Å²) in [5.41, 5.74) is 5.05. The molecule has 158 valence electrons. The minimum atomic E-state index is -0.549. The predicted molar refractivity (Wildman–Crippen MR) is 121 cm³/mol. The zero-order valence-corrected chi connectivity index (χ0v) is 18.4. The molecule has 0 radical (unpaired) electrons. The van der Waals surface area contributed by atoms with Gasteiger partial charge >= 0.3 is 0 Å². The Morgan fingerprint density at radius 1 is 1.07 bits per heavy atom. The third-order valence-corrected chi connectivity index (χ3v) is 5.89. The van der Waals surface area contributed by atoms with Crippen LogP contribution in [0, 0.1) is 6.92 Å². The summed E-state index contributed by atoms with van der Waals surface area (Å²) >= 11 is 0. The summed E-state index contributed by atoms with van der Waals surface area (Å²) in [5, 5.41) is 19.9. The van der Waals surface area contributed by atoms with Gasteiger partial charge in [0, 0.05) is 0 Å². The van der Waals surface area contributed by atoms with Crippen LogP contribution >= 0.6 is 0 Å². The molecule has 0 aliphatic rings. The molecular formula is C26H36O3. The van der Waals surface area contributed by atoms with E-state index in [0.717, 1.165) is 54.5 Å². The standard InChI is InChI=1S/C26H36O3/c1-5-22(12-9-15-26(28,6-2)7-3)23-11-8-10-21(16-23)19-29-25-14-13-20(4)24(17-25)18-27/h8,10-14,16-17,27-28H,5-7,9,15,18-19H2,1-4H3/b22-12+. The first kappa shape index (κ1) is 23.2. The van der Waals surface area contributed by atoms with E-state index in [1.165, 1.54) is 11.1 Å². The van der Waals surface area contributed by atoms with Gasteiger partial charge in [0.1, 0.15) is 12.4 Å². The van der Waals surface area contributed by atoms with Crippen molar-refractivity contribution in [3.8, 4) is 5.75 Å². The monoisotopic (exact) mass is 396 g/mol. The fourth-order valence-corrected chi connectivity index (χ4v) is 3.52. The average molecular weight is 397 g/mol. The summed E-state index contributed by atoms with van der Waals surface area (Å²) in [6.07, 6.45) is 6.50. The van der Waals surface area contributed by atoms with Crippen LogP contribution in [0.3, 0.4) is 0 Å². The number of benzene rings is 2. The van der Waals surface area contributed by atoms with Crippen molar-refractivity contribution < 1.29 is 14.9 Å².